The average Bonchev–Trinajstić information content (AvgIpc) is 2.68. The lowest BCUT2D eigenvalue weighted by Crippen LogP contribution is -2.34. The van der Waals surface area contributed by atoms with E-state index in [1.54, 1.807) is 43.3 Å². The number of rotatable bonds is 6. The molecule has 146 valence electrons. The molecule has 0 aliphatic carbocycles. The van der Waals surface area contributed by atoms with E-state index in [2.05, 4.69) is 0 Å². The fraction of sp³-hybridized carbons (Fsp3) is 0.143. The van der Waals surface area contributed by atoms with E-state index >= 15 is 0 Å². The van der Waals surface area contributed by atoms with Crippen molar-refractivity contribution in [3.8, 4) is 5.75 Å². The van der Waals surface area contributed by atoms with Crippen LogP contribution in [0.25, 0.3) is 0 Å². The molecular weight excluding hydrogens is 401 g/mol. The second-order valence-corrected chi connectivity index (χ2v) is 8.40. The summed E-state index contributed by atoms with van der Waals surface area (Å²) in [6.07, 6.45) is 0. The molecule has 0 amide bonds. The highest BCUT2D eigenvalue weighted by molar-refractivity contribution is 7.92. The van der Waals surface area contributed by atoms with Crippen LogP contribution in [0.4, 0.5) is 10.1 Å². The van der Waals surface area contributed by atoms with Crippen LogP contribution < -0.4 is 9.04 Å². The lowest BCUT2D eigenvalue weighted by Gasteiger charge is -2.31. The van der Waals surface area contributed by atoms with Crippen LogP contribution in [0.2, 0.25) is 5.02 Å². The largest absolute Gasteiger partial charge is 0.496 e. The summed E-state index contributed by atoms with van der Waals surface area (Å²) < 4.78 is 47.0. The summed E-state index contributed by atoms with van der Waals surface area (Å²) in [4.78, 5) is -0.0179. The van der Waals surface area contributed by atoms with Crippen molar-refractivity contribution in [1.29, 1.82) is 0 Å². The fourth-order valence-corrected chi connectivity index (χ4v) is 4.85. The molecular formula is C21H19ClFNO3S. The third-order valence-electron chi connectivity index (χ3n) is 4.37. The monoisotopic (exact) mass is 419 g/mol. The van der Waals surface area contributed by atoms with E-state index in [9.17, 15) is 12.8 Å². The first-order valence-electron chi connectivity index (χ1n) is 8.53. The van der Waals surface area contributed by atoms with E-state index in [0.717, 1.165) is 12.1 Å². The maximum atomic E-state index is 13.5. The van der Waals surface area contributed by atoms with E-state index < -0.39 is 21.9 Å². The van der Waals surface area contributed by atoms with Gasteiger partial charge in [-0.15, -0.1) is 0 Å². The van der Waals surface area contributed by atoms with Gasteiger partial charge in [0.1, 0.15) is 11.6 Å². The normalized spacial score (nSPS) is 12.4. The number of anilines is 1. The van der Waals surface area contributed by atoms with E-state index in [1.807, 2.05) is 12.1 Å². The SMILES string of the molecule is COc1ccccc1[C@H](C)N(c1cccc(Cl)c1)S(=O)(=O)c1ccc(F)cc1. The molecule has 0 N–H and O–H groups in total. The zero-order chi connectivity index (χ0) is 20.3. The highest BCUT2D eigenvalue weighted by atomic mass is 35.5. The van der Waals surface area contributed by atoms with Gasteiger partial charge in [-0.2, -0.15) is 0 Å². The number of ether oxygens (including phenoxy) is 1. The third kappa shape index (κ3) is 3.98. The van der Waals surface area contributed by atoms with Gasteiger partial charge in [0.15, 0.2) is 0 Å². The number of benzene rings is 3. The minimum atomic E-state index is -4.01. The summed E-state index contributed by atoms with van der Waals surface area (Å²) in [5, 5.41) is 0.407. The summed E-state index contributed by atoms with van der Waals surface area (Å²) in [7, 11) is -2.48. The number of nitrogens with zero attached hydrogens (tertiary/aromatic N) is 1. The summed E-state index contributed by atoms with van der Waals surface area (Å²) in [5.74, 6) is 0.0577. The highest BCUT2D eigenvalue weighted by Crippen LogP contribution is 2.37. The number of para-hydroxylation sites is 1. The highest BCUT2D eigenvalue weighted by Gasteiger charge is 2.32. The van der Waals surface area contributed by atoms with Crippen LogP contribution in [0.3, 0.4) is 0 Å². The quantitative estimate of drug-likeness (QED) is 0.534. The Kier molecular flexibility index (Phi) is 5.91. The van der Waals surface area contributed by atoms with Crippen LogP contribution in [-0.2, 0) is 10.0 Å². The van der Waals surface area contributed by atoms with E-state index in [-0.39, 0.29) is 4.90 Å². The lowest BCUT2D eigenvalue weighted by molar-refractivity contribution is 0.407. The molecule has 0 heterocycles. The Labute approximate surface area is 169 Å². The van der Waals surface area contributed by atoms with Crippen molar-refractivity contribution in [2.45, 2.75) is 17.9 Å². The number of methoxy groups -OCH3 is 1. The molecule has 0 radical (unpaired) electrons. The molecule has 0 bridgehead atoms. The van der Waals surface area contributed by atoms with Crippen molar-refractivity contribution in [1.82, 2.24) is 0 Å². The molecule has 0 aliphatic heterocycles. The molecule has 0 fully saturated rings. The van der Waals surface area contributed by atoms with E-state index in [1.165, 1.54) is 23.5 Å². The van der Waals surface area contributed by atoms with Crippen molar-refractivity contribution < 1.29 is 17.5 Å². The first kappa shape index (κ1) is 20.2. The Morgan fingerprint density at radius 1 is 1.00 bits per heavy atom. The predicted molar refractivity (Wildman–Crippen MR) is 109 cm³/mol. The summed E-state index contributed by atoms with van der Waals surface area (Å²) >= 11 is 6.12. The van der Waals surface area contributed by atoms with Crippen LogP contribution in [0.5, 0.6) is 5.75 Å². The van der Waals surface area contributed by atoms with Crippen molar-refractivity contribution in [2.24, 2.45) is 0 Å². The maximum absolute atomic E-state index is 13.5. The van der Waals surface area contributed by atoms with Crippen LogP contribution in [0.15, 0.2) is 77.7 Å². The lowest BCUT2D eigenvalue weighted by atomic mass is 10.1. The first-order chi connectivity index (χ1) is 13.3. The summed E-state index contributed by atoms with van der Waals surface area (Å²) in [6.45, 7) is 1.76. The van der Waals surface area contributed by atoms with Gasteiger partial charge >= 0.3 is 0 Å². The predicted octanol–water partition coefficient (Wildman–Crippen LogP) is 5.44. The Morgan fingerprint density at radius 3 is 2.32 bits per heavy atom. The van der Waals surface area contributed by atoms with Gasteiger partial charge in [0, 0.05) is 10.6 Å². The molecule has 0 aromatic heterocycles. The van der Waals surface area contributed by atoms with Crippen molar-refractivity contribution in [3.63, 3.8) is 0 Å². The second-order valence-electron chi connectivity index (χ2n) is 6.15. The Hall–Kier alpha value is -2.57. The van der Waals surface area contributed by atoms with E-state index in [4.69, 9.17) is 16.3 Å². The fourth-order valence-electron chi connectivity index (χ4n) is 3.04. The summed E-state index contributed by atoms with van der Waals surface area (Å²) in [6, 6.07) is 17.9. The molecule has 3 rings (SSSR count). The number of hydrogen-bond acceptors (Lipinski definition) is 3. The van der Waals surface area contributed by atoms with Gasteiger partial charge in [-0.05, 0) is 55.5 Å². The van der Waals surface area contributed by atoms with Gasteiger partial charge in [-0.3, -0.25) is 4.31 Å². The van der Waals surface area contributed by atoms with Crippen LogP contribution in [0, 0.1) is 5.82 Å². The molecule has 0 spiro atoms. The topological polar surface area (TPSA) is 46.6 Å². The maximum Gasteiger partial charge on any atom is 0.264 e. The molecule has 7 heteroatoms. The molecule has 0 saturated carbocycles. The summed E-state index contributed by atoms with van der Waals surface area (Å²) in [5.41, 5.74) is 1.09. The van der Waals surface area contributed by atoms with Crippen LogP contribution in [-0.4, -0.2) is 15.5 Å². The smallest absolute Gasteiger partial charge is 0.264 e. The van der Waals surface area contributed by atoms with Crippen LogP contribution >= 0.6 is 11.6 Å². The van der Waals surface area contributed by atoms with Gasteiger partial charge in [-0.1, -0.05) is 35.9 Å². The molecule has 28 heavy (non-hydrogen) atoms. The molecule has 0 aliphatic rings. The molecule has 4 nitrogen and oxygen atoms in total. The van der Waals surface area contributed by atoms with E-state index in [0.29, 0.717) is 22.0 Å². The number of hydrogen-bond donors (Lipinski definition) is 0. The van der Waals surface area contributed by atoms with Crippen molar-refractivity contribution >= 4 is 27.3 Å². The van der Waals surface area contributed by atoms with Crippen LogP contribution in [0.1, 0.15) is 18.5 Å². The molecule has 3 aromatic rings. The van der Waals surface area contributed by atoms with Gasteiger partial charge in [0.05, 0.1) is 23.7 Å². The van der Waals surface area contributed by atoms with Gasteiger partial charge in [0.25, 0.3) is 10.0 Å². The van der Waals surface area contributed by atoms with Crippen molar-refractivity contribution in [3.05, 3.63) is 89.2 Å². The zero-order valence-electron chi connectivity index (χ0n) is 15.3. The molecule has 0 saturated heterocycles. The average molecular weight is 420 g/mol. The Bertz CT molecular complexity index is 1070. The van der Waals surface area contributed by atoms with Gasteiger partial charge in [-0.25, -0.2) is 12.8 Å². The molecule has 1 atom stereocenters. The number of halogens is 2. The minimum Gasteiger partial charge on any atom is -0.496 e. The molecule has 3 aromatic carbocycles. The van der Waals surface area contributed by atoms with Crippen molar-refractivity contribution in [2.75, 3.05) is 11.4 Å². The minimum absolute atomic E-state index is 0.0179. The first-order valence-corrected chi connectivity index (χ1v) is 10.3. The molecule has 0 unspecified atom stereocenters. The number of sulfonamides is 1. The van der Waals surface area contributed by atoms with Gasteiger partial charge < -0.3 is 4.74 Å². The third-order valence-corrected chi connectivity index (χ3v) is 6.52. The second kappa shape index (κ2) is 8.20. The zero-order valence-corrected chi connectivity index (χ0v) is 16.9. The van der Waals surface area contributed by atoms with Gasteiger partial charge in [0.2, 0.25) is 0 Å². The Morgan fingerprint density at radius 2 is 1.68 bits per heavy atom. The Balaban J connectivity index is 2.19. The standard InChI is InChI=1S/C21H19ClFNO3S/c1-15(20-8-3-4-9-21(20)27-2)24(18-7-5-6-16(22)14-18)28(25,26)19-12-10-17(23)11-13-19/h3-15H,1-2H3/t15-/m0/s1.